The van der Waals surface area contributed by atoms with Crippen molar-refractivity contribution in [3.63, 3.8) is 0 Å². The van der Waals surface area contributed by atoms with E-state index in [-0.39, 0.29) is 5.91 Å². The minimum absolute atomic E-state index is 0.342. The summed E-state index contributed by atoms with van der Waals surface area (Å²) in [5, 5.41) is 20.7. The summed E-state index contributed by atoms with van der Waals surface area (Å²) in [6.07, 6.45) is 1.74. The van der Waals surface area contributed by atoms with Gasteiger partial charge < -0.3 is 15.5 Å². The lowest BCUT2D eigenvalue weighted by atomic mass is 9.78. The molecule has 0 aliphatic heterocycles. The fourth-order valence-electron chi connectivity index (χ4n) is 1.75. The number of carboxylic acids is 2. The number of amides is 1. The molecule has 0 saturated heterocycles. The molecule has 0 aromatic heterocycles. The second kappa shape index (κ2) is 7.43. The third-order valence-corrected chi connectivity index (χ3v) is 3.75. The topological polar surface area (TPSA) is 104 Å². The average Bonchev–Trinajstić information content (AvgIpc) is 2.35. The number of carboxylic acid groups (broad SMARTS) is 2. The molecule has 1 atom stereocenters. The predicted molar refractivity (Wildman–Crippen MR) is 78.9 cm³/mol. The Bertz CT molecular complexity index is 401. The van der Waals surface area contributed by atoms with Crippen molar-refractivity contribution in [2.75, 3.05) is 0 Å². The highest BCUT2D eigenvalue weighted by atomic mass is 16.4. The summed E-state index contributed by atoms with van der Waals surface area (Å²) in [6.45, 7) is 8.47. The molecule has 122 valence electrons. The van der Waals surface area contributed by atoms with Crippen LogP contribution in [-0.2, 0) is 14.4 Å². The molecule has 1 amide bonds. The number of nitrogens with one attached hydrogen (secondary N) is 1. The van der Waals surface area contributed by atoms with E-state index in [9.17, 15) is 14.4 Å². The van der Waals surface area contributed by atoms with Crippen LogP contribution in [-0.4, -0.2) is 34.1 Å². The SMILES string of the molecule is CCC[C@H](NC(=O)C(C)(C)CCC(C)(C)C(=O)O)C(=O)O. The second-order valence-electron chi connectivity index (χ2n) is 6.73. The Hall–Kier alpha value is -1.59. The lowest BCUT2D eigenvalue weighted by molar-refractivity contribution is -0.148. The number of carbonyl (C=O) groups excluding carboxylic acids is 1. The van der Waals surface area contributed by atoms with Crippen LogP contribution in [0.15, 0.2) is 0 Å². The molecule has 0 aromatic rings. The third-order valence-electron chi connectivity index (χ3n) is 3.75. The van der Waals surface area contributed by atoms with Gasteiger partial charge >= 0.3 is 11.9 Å². The van der Waals surface area contributed by atoms with Crippen LogP contribution in [0, 0.1) is 10.8 Å². The summed E-state index contributed by atoms with van der Waals surface area (Å²) in [6, 6.07) is -0.894. The molecule has 0 spiro atoms. The van der Waals surface area contributed by atoms with E-state index in [1.165, 1.54) is 0 Å². The number of hydrogen-bond acceptors (Lipinski definition) is 3. The number of aliphatic carboxylic acids is 2. The van der Waals surface area contributed by atoms with Crippen molar-refractivity contribution in [3.8, 4) is 0 Å². The summed E-state index contributed by atoms with van der Waals surface area (Å²) in [4.78, 5) is 34.4. The highest BCUT2D eigenvalue weighted by molar-refractivity contribution is 5.87. The van der Waals surface area contributed by atoms with Crippen molar-refractivity contribution in [1.29, 1.82) is 0 Å². The van der Waals surface area contributed by atoms with Crippen molar-refractivity contribution in [2.45, 2.75) is 66.3 Å². The Morgan fingerprint density at radius 2 is 1.48 bits per heavy atom. The van der Waals surface area contributed by atoms with Gasteiger partial charge in [0.25, 0.3) is 0 Å². The highest BCUT2D eigenvalue weighted by Crippen LogP contribution is 2.31. The summed E-state index contributed by atoms with van der Waals surface area (Å²) in [5.41, 5.74) is -1.72. The van der Waals surface area contributed by atoms with E-state index in [1.807, 2.05) is 6.92 Å². The zero-order valence-electron chi connectivity index (χ0n) is 13.5. The van der Waals surface area contributed by atoms with Gasteiger partial charge in [0.15, 0.2) is 0 Å². The fraction of sp³-hybridized carbons (Fsp3) is 0.800. The minimum atomic E-state index is -1.05. The fourth-order valence-corrected chi connectivity index (χ4v) is 1.75. The van der Waals surface area contributed by atoms with E-state index in [0.717, 1.165) is 0 Å². The minimum Gasteiger partial charge on any atom is -0.481 e. The van der Waals surface area contributed by atoms with Crippen molar-refractivity contribution < 1.29 is 24.6 Å². The van der Waals surface area contributed by atoms with Crippen LogP contribution in [0.25, 0.3) is 0 Å². The van der Waals surface area contributed by atoms with E-state index in [0.29, 0.717) is 25.7 Å². The summed E-state index contributed by atoms with van der Waals surface area (Å²) in [7, 11) is 0. The first kappa shape index (κ1) is 19.4. The van der Waals surface area contributed by atoms with E-state index in [4.69, 9.17) is 10.2 Å². The van der Waals surface area contributed by atoms with Crippen LogP contribution in [0.5, 0.6) is 0 Å². The lowest BCUT2D eigenvalue weighted by Gasteiger charge is -2.29. The van der Waals surface area contributed by atoms with Crippen LogP contribution in [0.4, 0.5) is 0 Å². The number of carbonyl (C=O) groups is 3. The largest absolute Gasteiger partial charge is 0.481 e. The van der Waals surface area contributed by atoms with Gasteiger partial charge in [0.1, 0.15) is 6.04 Å². The molecular weight excluding hydrogens is 274 g/mol. The van der Waals surface area contributed by atoms with Gasteiger partial charge in [-0.2, -0.15) is 0 Å². The molecular formula is C15H27NO5. The number of rotatable bonds is 9. The molecule has 6 heteroatoms. The zero-order chi connectivity index (χ0) is 16.8. The molecule has 6 nitrogen and oxygen atoms in total. The maximum atomic E-state index is 12.2. The van der Waals surface area contributed by atoms with E-state index in [2.05, 4.69) is 5.32 Å². The smallest absolute Gasteiger partial charge is 0.326 e. The average molecular weight is 301 g/mol. The predicted octanol–water partition coefficient (Wildman–Crippen LogP) is 2.27. The van der Waals surface area contributed by atoms with Crippen molar-refractivity contribution in [2.24, 2.45) is 10.8 Å². The highest BCUT2D eigenvalue weighted by Gasteiger charge is 2.35. The van der Waals surface area contributed by atoms with Crippen LogP contribution >= 0.6 is 0 Å². The molecule has 3 N–H and O–H groups in total. The van der Waals surface area contributed by atoms with Gasteiger partial charge in [-0.25, -0.2) is 4.79 Å². The molecule has 21 heavy (non-hydrogen) atoms. The summed E-state index contributed by atoms with van der Waals surface area (Å²) in [5.74, 6) is -2.32. The van der Waals surface area contributed by atoms with Crippen molar-refractivity contribution in [1.82, 2.24) is 5.32 Å². The molecule has 0 fully saturated rings. The van der Waals surface area contributed by atoms with Gasteiger partial charge in [0.2, 0.25) is 5.91 Å². The Balaban J connectivity index is 4.72. The first-order valence-electron chi connectivity index (χ1n) is 7.21. The van der Waals surface area contributed by atoms with E-state index < -0.39 is 28.8 Å². The Labute approximate surface area is 125 Å². The first-order chi connectivity index (χ1) is 9.44. The van der Waals surface area contributed by atoms with E-state index in [1.54, 1.807) is 27.7 Å². The van der Waals surface area contributed by atoms with Gasteiger partial charge in [-0.05, 0) is 33.1 Å². The number of hydrogen-bond donors (Lipinski definition) is 3. The Morgan fingerprint density at radius 1 is 1.00 bits per heavy atom. The molecule has 0 radical (unpaired) electrons. The first-order valence-corrected chi connectivity index (χ1v) is 7.21. The van der Waals surface area contributed by atoms with E-state index >= 15 is 0 Å². The summed E-state index contributed by atoms with van der Waals surface area (Å²) < 4.78 is 0. The van der Waals surface area contributed by atoms with Crippen molar-refractivity contribution in [3.05, 3.63) is 0 Å². The lowest BCUT2D eigenvalue weighted by Crippen LogP contribution is -2.47. The summed E-state index contributed by atoms with van der Waals surface area (Å²) >= 11 is 0. The monoisotopic (exact) mass is 301 g/mol. The molecule has 0 saturated carbocycles. The normalized spacial score (nSPS) is 13.6. The van der Waals surface area contributed by atoms with Crippen LogP contribution in [0.2, 0.25) is 0 Å². The standard InChI is InChI=1S/C15H27NO5/c1-6-7-10(11(17)18)16-12(19)14(2,3)8-9-15(4,5)13(20)21/h10H,6-9H2,1-5H3,(H,16,19)(H,17,18)(H,20,21)/t10-/m0/s1. The van der Waals surface area contributed by atoms with Gasteiger partial charge in [-0.3, -0.25) is 9.59 Å². The molecule has 0 aliphatic rings. The van der Waals surface area contributed by atoms with Gasteiger partial charge in [-0.15, -0.1) is 0 Å². The molecule has 0 heterocycles. The molecule has 0 bridgehead atoms. The van der Waals surface area contributed by atoms with Gasteiger partial charge in [0, 0.05) is 5.41 Å². The second-order valence-corrected chi connectivity index (χ2v) is 6.73. The maximum absolute atomic E-state index is 12.2. The van der Waals surface area contributed by atoms with Gasteiger partial charge in [-0.1, -0.05) is 27.2 Å². The van der Waals surface area contributed by atoms with Crippen LogP contribution in [0.3, 0.4) is 0 Å². The molecule has 0 unspecified atom stereocenters. The maximum Gasteiger partial charge on any atom is 0.326 e. The molecule has 0 aromatic carbocycles. The van der Waals surface area contributed by atoms with Crippen LogP contribution in [0.1, 0.15) is 60.3 Å². The molecule has 0 aliphatic carbocycles. The quantitative estimate of drug-likeness (QED) is 0.606. The Morgan fingerprint density at radius 3 is 1.86 bits per heavy atom. The van der Waals surface area contributed by atoms with Gasteiger partial charge in [0.05, 0.1) is 5.41 Å². The Kier molecular flexibility index (Phi) is 6.86. The van der Waals surface area contributed by atoms with Crippen molar-refractivity contribution >= 4 is 17.8 Å². The third kappa shape index (κ3) is 6.14. The zero-order valence-corrected chi connectivity index (χ0v) is 13.5. The molecule has 0 rings (SSSR count). The van der Waals surface area contributed by atoms with Crippen LogP contribution < -0.4 is 5.32 Å².